The number of alkyl halides is 3. The fourth-order valence-electron chi connectivity index (χ4n) is 5.44. The lowest BCUT2D eigenvalue weighted by Gasteiger charge is -2.33. The van der Waals surface area contributed by atoms with E-state index in [1.165, 1.54) is 12.1 Å². The van der Waals surface area contributed by atoms with Crippen molar-refractivity contribution >= 4 is 34.3 Å². The second kappa shape index (κ2) is 10.9. The first-order valence-corrected chi connectivity index (χ1v) is 14.0. The predicted octanol–water partition coefficient (Wildman–Crippen LogP) is 5.51. The van der Waals surface area contributed by atoms with Gasteiger partial charge in [-0.2, -0.15) is 18.3 Å². The van der Waals surface area contributed by atoms with E-state index in [9.17, 15) is 18.0 Å². The molecule has 42 heavy (non-hydrogen) atoms. The molecule has 0 atom stereocenters. The monoisotopic (exact) mass is 578 g/mol. The largest absolute Gasteiger partial charge is 0.416 e. The van der Waals surface area contributed by atoms with Crippen LogP contribution in [-0.2, 0) is 19.8 Å². The molecule has 3 heterocycles. The van der Waals surface area contributed by atoms with Gasteiger partial charge in [0.05, 0.1) is 10.9 Å². The van der Waals surface area contributed by atoms with Crippen molar-refractivity contribution in [2.75, 3.05) is 49.6 Å². The van der Waals surface area contributed by atoms with E-state index in [0.29, 0.717) is 30.5 Å². The van der Waals surface area contributed by atoms with Gasteiger partial charge in [-0.1, -0.05) is 18.2 Å². The number of urea groups is 1. The van der Waals surface area contributed by atoms with E-state index in [-0.39, 0.29) is 17.8 Å². The highest BCUT2D eigenvalue weighted by Crippen LogP contribution is 2.42. The Kier molecular flexibility index (Phi) is 7.27. The van der Waals surface area contributed by atoms with E-state index in [0.717, 1.165) is 59.9 Å². The summed E-state index contributed by atoms with van der Waals surface area (Å²) in [7, 11) is 3.82. The second-order valence-corrected chi connectivity index (χ2v) is 11.2. The standard InChI is InChI=1S/C30H33F3N8O/c1-39-11-13-41(14-12-39)17-20-7-10-22(15-24(20)30(31,32)33)36-29(42)35-21-8-5-18(6-9-21)23-16-25(19-3-4-19)37-28-26(23)27(34)38-40(28)2/h5-10,15-16,19H,3-4,11-14,17H2,1-2H3,(H2,34,38)(H2,35,36,42). The number of carbonyl (C=O) groups excluding carboxylic acids is 1. The average molecular weight is 579 g/mol. The minimum absolute atomic E-state index is 0.0670. The maximum atomic E-state index is 13.9. The maximum absolute atomic E-state index is 13.9. The molecule has 220 valence electrons. The summed E-state index contributed by atoms with van der Waals surface area (Å²) < 4.78 is 43.5. The quantitative estimate of drug-likeness (QED) is 0.279. The van der Waals surface area contributed by atoms with Crippen LogP contribution in [0.5, 0.6) is 0 Å². The van der Waals surface area contributed by atoms with E-state index in [4.69, 9.17) is 10.7 Å². The number of rotatable bonds is 6. The van der Waals surface area contributed by atoms with Crippen LogP contribution >= 0.6 is 0 Å². The predicted molar refractivity (Wildman–Crippen MR) is 157 cm³/mol. The Bertz CT molecular complexity index is 1620. The first-order chi connectivity index (χ1) is 20.0. The van der Waals surface area contributed by atoms with Crippen molar-refractivity contribution in [3.05, 3.63) is 65.4 Å². The van der Waals surface area contributed by atoms with Gasteiger partial charge in [0.1, 0.15) is 0 Å². The van der Waals surface area contributed by atoms with Gasteiger partial charge in [0.25, 0.3) is 0 Å². The number of nitrogens with two attached hydrogens (primary N) is 1. The zero-order valence-corrected chi connectivity index (χ0v) is 23.5. The Labute approximate surface area is 241 Å². The molecule has 9 nitrogen and oxygen atoms in total. The van der Waals surface area contributed by atoms with Crippen LogP contribution < -0.4 is 16.4 Å². The van der Waals surface area contributed by atoms with E-state index in [2.05, 4.69) is 26.7 Å². The van der Waals surface area contributed by atoms with Crippen LogP contribution in [0.3, 0.4) is 0 Å². The summed E-state index contributed by atoms with van der Waals surface area (Å²) in [6, 6.07) is 12.6. The molecule has 2 aromatic heterocycles. The van der Waals surface area contributed by atoms with Crippen molar-refractivity contribution in [2.24, 2.45) is 7.05 Å². The number of anilines is 3. The fourth-order valence-corrected chi connectivity index (χ4v) is 5.44. The number of pyridine rings is 1. The third-order valence-corrected chi connectivity index (χ3v) is 7.95. The molecule has 2 fully saturated rings. The third kappa shape index (κ3) is 5.90. The Balaban J connectivity index is 1.16. The molecule has 0 spiro atoms. The smallest absolute Gasteiger partial charge is 0.382 e. The highest BCUT2D eigenvalue weighted by atomic mass is 19.4. The van der Waals surface area contributed by atoms with Gasteiger partial charge in [0.15, 0.2) is 11.5 Å². The Hall–Kier alpha value is -4.16. The van der Waals surface area contributed by atoms with Crippen LogP contribution in [0, 0.1) is 0 Å². The number of nitrogens with one attached hydrogen (secondary N) is 2. The van der Waals surface area contributed by atoms with Crippen LogP contribution in [0.25, 0.3) is 22.2 Å². The number of carbonyl (C=O) groups is 1. The molecule has 2 amide bonds. The summed E-state index contributed by atoms with van der Waals surface area (Å²) in [4.78, 5) is 21.7. The maximum Gasteiger partial charge on any atom is 0.416 e. The number of amides is 2. The second-order valence-electron chi connectivity index (χ2n) is 11.2. The zero-order valence-electron chi connectivity index (χ0n) is 23.5. The van der Waals surface area contributed by atoms with E-state index in [1.807, 2.05) is 31.1 Å². The molecule has 6 rings (SSSR count). The Morgan fingerprint density at radius 1 is 0.976 bits per heavy atom. The SMILES string of the molecule is CN1CCN(Cc2ccc(NC(=O)Nc3ccc(-c4cc(C5CC5)nc5c4c(N)nn5C)cc3)cc2C(F)(F)F)CC1. The summed E-state index contributed by atoms with van der Waals surface area (Å²) in [5.74, 6) is 0.833. The van der Waals surface area contributed by atoms with E-state index < -0.39 is 17.8 Å². The average Bonchev–Trinajstić information content (AvgIpc) is 3.76. The summed E-state index contributed by atoms with van der Waals surface area (Å²) in [6.07, 6.45) is -2.33. The number of halogens is 3. The highest BCUT2D eigenvalue weighted by Gasteiger charge is 2.34. The van der Waals surface area contributed by atoms with Crippen LogP contribution in [0.15, 0.2) is 48.5 Å². The van der Waals surface area contributed by atoms with Gasteiger partial charge in [-0.3, -0.25) is 4.90 Å². The molecule has 0 bridgehead atoms. The van der Waals surface area contributed by atoms with Gasteiger partial charge < -0.3 is 21.3 Å². The van der Waals surface area contributed by atoms with Gasteiger partial charge >= 0.3 is 12.2 Å². The molecular weight excluding hydrogens is 545 g/mol. The summed E-state index contributed by atoms with van der Waals surface area (Å²) in [6.45, 7) is 3.25. The van der Waals surface area contributed by atoms with Crippen molar-refractivity contribution in [1.82, 2.24) is 24.6 Å². The van der Waals surface area contributed by atoms with Crippen molar-refractivity contribution in [3.8, 4) is 11.1 Å². The molecule has 0 unspecified atom stereocenters. The molecule has 2 aliphatic rings. The summed E-state index contributed by atoms with van der Waals surface area (Å²) in [5, 5.41) is 10.4. The van der Waals surface area contributed by atoms with Crippen LogP contribution in [-0.4, -0.2) is 63.8 Å². The zero-order chi connectivity index (χ0) is 29.6. The van der Waals surface area contributed by atoms with Gasteiger partial charge in [-0.05, 0) is 66.9 Å². The number of piperazine rings is 1. The van der Waals surface area contributed by atoms with Crippen molar-refractivity contribution in [2.45, 2.75) is 31.5 Å². The first kappa shape index (κ1) is 28.0. The minimum Gasteiger partial charge on any atom is -0.382 e. The highest BCUT2D eigenvalue weighted by molar-refractivity contribution is 6.02. The lowest BCUT2D eigenvalue weighted by molar-refractivity contribution is -0.138. The number of nitrogens with zero attached hydrogens (tertiary/aromatic N) is 5. The van der Waals surface area contributed by atoms with Crippen molar-refractivity contribution < 1.29 is 18.0 Å². The number of likely N-dealkylation sites (N-methyl/N-ethyl adjacent to an activating group) is 1. The summed E-state index contributed by atoms with van der Waals surface area (Å²) >= 11 is 0. The number of aromatic nitrogens is 3. The number of hydrogen-bond donors (Lipinski definition) is 3. The van der Waals surface area contributed by atoms with Crippen molar-refractivity contribution in [3.63, 3.8) is 0 Å². The lowest BCUT2D eigenvalue weighted by atomic mass is 10.0. The summed E-state index contributed by atoms with van der Waals surface area (Å²) in [5.41, 5.74) is 9.76. The number of benzene rings is 2. The van der Waals surface area contributed by atoms with Crippen LogP contribution in [0.2, 0.25) is 0 Å². The van der Waals surface area contributed by atoms with Gasteiger partial charge in [-0.15, -0.1) is 0 Å². The Morgan fingerprint density at radius 3 is 2.31 bits per heavy atom. The topological polar surface area (TPSA) is 104 Å². The molecule has 12 heteroatoms. The lowest BCUT2D eigenvalue weighted by Crippen LogP contribution is -2.44. The number of aryl methyl sites for hydroxylation is 1. The van der Waals surface area contributed by atoms with Crippen LogP contribution in [0.4, 0.5) is 35.2 Å². The molecule has 4 N–H and O–H groups in total. The fraction of sp³-hybridized carbons (Fsp3) is 0.367. The normalized spacial score (nSPS) is 16.6. The molecule has 0 radical (unpaired) electrons. The van der Waals surface area contributed by atoms with Gasteiger partial charge in [-0.25, -0.2) is 14.5 Å². The van der Waals surface area contributed by atoms with Gasteiger partial charge in [0, 0.05) is 62.8 Å². The third-order valence-electron chi connectivity index (χ3n) is 7.95. The van der Waals surface area contributed by atoms with Gasteiger partial charge in [0.2, 0.25) is 0 Å². The minimum atomic E-state index is -4.54. The van der Waals surface area contributed by atoms with E-state index >= 15 is 0 Å². The Morgan fingerprint density at radius 2 is 1.64 bits per heavy atom. The molecule has 1 aliphatic carbocycles. The molecule has 1 saturated carbocycles. The molecule has 4 aromatic rings. The van der Waals surface area contributed by atoms with Crippen LogP contribution in [0.1, 0.15) is 35.6 Å². The first-order valence-electron chi connectivity index (χ1n) is 14.0. The number of hydrogen-bond acceptors (Lipinski definition) is 6. The molecule has 1 aliphatic heterocycles. The van der Waals surface area contributed by atoms with E-state index in [1.54, 1.807) is 16.8 Å². The molecule has 1 saturated heterocycles. The van der Waals surface area contributed by atoms with Crippen molar-refractivity contribution in [1.29, 1.82) is 0 Å². The number of nitrogen functional groups attached to an aromatic ring is 1. The molecular formula is C30H33F3N8O. The number of fused-ring (bicyclic) bond motifs is 1. The molecule has 2 aromatic carbocycles.